The number of ether oxygens (including phenoxy) is 4. The van der Waals surface area contributed by atoms with Crippen molar-refractivity contribution in [3.8, 4) is 69.0 Å². The second kappa shape index (κ2) is 18.5. The zero-order chi connectivity index (χ0) is 54.7. The van der Waals surface area contributed by atoms with Crippen LogP contribution in [0.15, 0.2) is 170 Å². The molecule has 8 aliphatic rings. The van der Waals surface area contributed by atoms with Gasteiger partial charge in [0, 0.05) is 35.1 Å². The fraction of sp³-hybridized carbons (Fsp3) is 0.294. The van der Waals surface area contributed by atoms with Crippen LogP contribution >= 0.6 is 0 Å². The Kier molecular flexibility index (Phi) is 11.5. The highest BCUT2D eigenvalue weighted by atomic mass is 16.5. The van der Waals surface area contributed by atoms with Gasteiger partial charge in [0.1, 0.15) is 69.0 Å². The van der Waals surface area contributed by atoms with Gasteiger partial charge >= 0.3 is 0 Å². The zero-order valence-corrected chi connectivity index (χ0v) is 44.4. The summed E-state index contributed by atoms with van der Waals surface area (Å²) in [7, 11) is 0. The van der Waals surface area contributed by atoms with E-state index in [1.165, 1.54) is 60.8 Å². The van der Waals surface area contributed by atoms with E-state index in [1.54, 1.807) is 72.8 Å². The summed E-state index contributed by atoms with van der Waals surface area (Å²) in [6.07, 6.45) is 11.8. The maximum absolute atomic E-state index is 10.6. The minimum Gasteiger partial charge on any atom is -0.506 e. The number of benzene rings is 8. The number of hydrogen-bond acceptors (Lipinski definition) is 12. The summed E-state index contributed by atoms with van der Waals surface area (Å²) in [6.45, 7) is 0. The molecule has 12 heteroatoms. The smallest absolute Gasteiger partial charge is 0.142 e. The van der Waals surface area contributed by atoms with E-state index < -0.39 is 10.8 Å². The molecular weight excluding hydrogens is 1000 g/mol. The van der Waals surface area contributed by atoms with E-state index in [4.69, 9.17) is 41.9 Å². The third kappa shape index (κ3) is 7.76. The molecule has 8 aromatic rings. The number of nitrogen functional groups attached to an aromatic ring is 4. The third-order valence-corrected chi connectivity index (χ3v) is 20.1. The monoisotopic (exact) mass is 1070 g/mol. The third-order valence-electron chi connectivity index (χ3n) is 20.1. The number of anilines is 4. The highest BCUT2D eigenvalue weighted by Gasteiger charge is 2.81. The predicted octanol–water partition coefficient (Wildman–Crippen LogP) is 15.1. The number of rotatable bonds is 13. The summed E-state index contributed by atoms with van der Waals surface area (Å²) in [4.78, 5) is 0. The van der Waals surface area contributed by atoms with Crippen molar-refractivity contribution >= 4 is 22.7 Å². The SMILES string of the molecule is Nc1ccc(Oc2ccc(C3C4CC5CC3(c3ccc(Oc6ccc(N)c(O)c6)cc3)C(c3ccc(Oc6ccc(N)c(O)c6)cc3)(c3ccc(Oc6ccc(N)c(O)c6)cc3)C(C36CC7CC(CC(C7)C3)C6)(C5)C4)cc2)cc1O. The lowest BCUT2D eigenvalue weighted by Gasteiger charge is -2.81. The standard InChI is InChI=1S/C68H66N4O8/c69-56-21-17-52(29-60(56)73)77-48-9-1-43(2-10-48)64-44-28-42-36-66(38-44,65-33-39-25-40(34-65)27-41(26-39)35-65)68(46-5-13-50(14-6-46)79-54-19-23-58(71)62(75)31-54,47-7-15-51(16-8-47)80-55-20-24-59(72)63(76)32-55)67(64,37-42)45-3-11-49(12-4-45)78-53-18-22-57(70)61(74)30-53/h1-24,29-32,39-42,44,64,73-76H,25-28,33-38,69-72H2. The summed E-state index contributed by atoms with van der Waals surface area (Å²) >= 11 is 0. The van der Waals surface area contributed by atoms with Gasteiger partial charge in [0.2, 0.25) is 0 Å². The zero-order valence-electron chi connectivity index (χ0n) is 44.4. The van der Waals surface area contributed by atoms with Gasteiger partial charge in [-0.1, -0.05) is 48.5 Å². The predicted molar refractivity (Wildman–Crippen MR) is 310 cm³/mol. The second-order valence-corrected chi connectivity index (χ2v) is 24.4. The van der Waals surface area contributed by atoms with Crippen molar-refractivity contribution in [2.24, 2.45) is 40.4 Å². The normalized spacial score (nSPS) is 27.4. The summed E-state index contributed by atoms with van der Waals surface area (Å²) in [5, 5.41) is 42.4. The quantitative estimate of drug-likeness (QED) is 0.0399. The van der Waals surface area contributed by atoms with Crippen LogP contribution < -0.4 is 41.9 Å². The van der Waals surface area contributed by atoms with Gasteiger partial charge in [-0.2, -0.15) is 0 Å². The molecule has 406 valence electrons. The van der Waals surface area contributed by atoms with Crippen molar-refractivity contribution in [1.82, 2.24) is 0 Å². The number of phenols is 4. The number of hydrogen-bond donors (Lipinski definition) is 8. The first kappa shape index (κ1) is 49.6. The molecule has 0 saturated heterocycles. The lowest BCUT2D eigenvalue weighted by molar-refractivity contribution is -0.250. The van der Waals surface area contributed by atoms with Gasteiger partial charge in [0.25, 0.3) is 0 Å². The van der Waals surface area contributed by atoms with Crippen LogP contribution in [0.1, 0.15) is 92.4 Å². The highest BCUT2D eigenvalue weighted by molar-refractivity contribution is 5.63. The Morgan fingerprint density at radius 1 is 0.338 bits per heavy atom. The van der Waals surface area contributed by atoms with Gasteiger partial charge in [-0.05, 0) is 230 Å². The molecule has 8 aliphatic carbocycles. The second-order valence-electron chi connectivity index (χ2n) is 24.4. The molecule has 0 spiro atoms. The molecule has 12 N–H and O–H groups in total. The molecule has 80 heavy (non-hydrogen) atoms. The summed E-state index contributed by atoms with van der Waals surface area (Å²) in [6, 6.07) is 55.2. The largest absolute Gasteiger partial charge is 0.506 e. The van der Waals surface area contributed by atoms with Crippen LogP contribution in [0.2, 0.25) is 0 Å². The maximum atomic E-state index is 10.6. The first-order valence-electron chi connectivity index (χ1n) is 28.2. The molecule has 0 aromatic heterocycles. The van der Waals surface area contributed by atoms with Crippen LogP contribution in [-0.2, 0) is 10.8 Å². The van der Waals surface area contributed by atoms with E-state index in [0.717, 1.165) is 25.7 Å². The molecule has 16 rings (SSSR count). The van der Waals surface area contributed by atoms with Crippen LogP contribution in [0.3, 0.4) is 0 Å². The Balaban J connectivity index is 1.01. The van der Waals surface area contributed by atoms with Crippen molar-refractivity contribution in [3.05, 3.63) is 192 Å². The van der Waals surface area contributed by atoms with E-state index in [1.807, 2.05) is 0 Å². The van der Waals surface area contributed by atoms with Crippen molar-refractivity contribution < 1.29 is 39.4 Å². The lowest BCUT2D eigenvalue weighted by atomic mass is 9.21. The Morgan fingerprint density at radius 3 is 1.04 bits per heavy atom. The minimum atomic E-state index is -0.679. The molecule has 8 aromatic carbocycles. The van der Waals surface area contributed by atoms with E-state index in [2.05, 4.69) is 97.1 Å². The van der Waals surface area contributed by atoms with Crippen molar-refractivity contribution in [2.75, 3.05) is 22.9 Å². The molecule has 12 nitrogen and oxygen atoms in total. The first-order valence-corrected chi connectivity index (χ1v) is 28.2. The molecule has 0 heterocycles. The summed E-state index contributed by atoms with van der Waals surface area (Å²) in [5.41, 5.74) is 28.7. The molecule has 0 amide bonds. The van der Waals surface area contributed by atoms with Gasteiger partial charge in [-0.15, -0.1) is 0 Å². The van der Waals surface area contributed by atoms with Crippen LogP contribution in [0.25, 0.3) is 0 Å². The van der Waals surface area contributed by atoms with Gasteiger partial charge in [-0.25, -0.2) is 0 Å². The summed E-state index contributed by atoms with van der Waals surface area (Å²) in [5.74, 6) is 7.24. The van der Waals surface area contributed by atoms with Crippen LogP contribution in [0.4, 0.5) is 22.7 Å². The molecule has 5 unspecified atom stereocenters. The fourth-order valence-electron chi connectivity index (χ4n) is 18.0. The maximum Gasteiger partial charge on any atom is 0.142 e. The Morgan fingerprint density at radius 2 is 0.675 bits per heavy atom. The lowest BCUT2D eigenvalue weighted by Crippen LogP contribution is -2.78. The van der Waals surface area contributed by atoms with Crippen molar-refractivity contribution in [2.45, 2.75) is 81.0 Å². The molecule has 0 aliphatic heterocycles. The van der Waals surface area contributed by atoms with E-state index in [9.17, 15) is 20.4 Å². The Hall–Kier alpha value is -8.64. The molecule has 8 bridgehead atoms. The number of phenolic OH excluding ortho intramolecular Hbond substituents is 4. The van der Waals surface area contributed by atoms with Gasteiger partial charge in [0.15, 0.2) is 0 Å². The topological polar surface area (TPSA) is 222 Å². The van der Waals surface area contributed by atoms with Crippen molar-refractivity contribution in [3.63, 3.8) is 0 Å². The average Bonchev–Trinajstić information content (AvgIpc) is 2.91. The van der Waals surface area contributed by atoms with Gasteiger partial charge < -0.3 is 62.3 Å². The van der Waals surface area contributed by atoms with Crippen LogP contribution in [0.5, 0.6) is 69.0 Å². The summed E-state index contributed by atoms with van der Waals surface area (Å²) < 4.78 is 26.0. The van der Waals surface area contributed by atoms with Crippen LogP contribution in [-0.4, -0.2) is 20.4 Å². The number of aromatic hydroxyl groups is 4. The van der Waals surface area contributed by atoms with Crippen molar-refractivity contribution in [1.29, 1.82) is 0 Å². The van der Waals surface area contributed by atoms with E-state index in [-0.39, 0.29) is 62.5 Å². The average molecular weight is 1070 g/mol. The first-order chi connectivity index (χ1) is 38.7. The minimum absolute atomic E-state index is 0.0128. The van der Waals surface area contributed by atoms with Gasteiger partial charge in [-0.3, -0.25) is 0 Å². The fourth-order valence-corrected chi connectivity index (χ4v) is 18.0. The highest BCUT2D eigenvalue weighted by Crippen LogP contribution is 2.86. The Labute approximate surface area is 465 Å². The molecule has 0 radical (unpaired) electrons. The molecule has 8 saturated carbocycles. The molecular formula is C68H66N4O8. The Bertz CT molecular complexity index is 3550. The van der Waals surface area contributed by atoms with Gasteiger partial charge in [0.05, 0.1) is 22.7 Å². The molecule has 8 fully saturated rings. The van der Waals surface area contributed by atoms with E-state index in [0.29, 0.717) is 75.6 Å². The molecule has 5 atom stereocenters. The van der Waals surface area contributed by atoms with Crippen LogP contribution in [0, 0.1) is 40.4 Å². The van der Waals surface area contributed by atoms with E-state index >= 15 is 0 Å². The number of nitrogens with two attached hydrogens (primary N) is 4.